The first-order chi connectivity index (χ1) is 6.68. The van der Waals surface area contributed by atoms with Crippen molar-refractivity contribution in [1.82, 2.24) is 0 Å². The molecule has 1 aliphatic heterocycles. The number of para-hydroxylation sites is 1. The number of hydrogen-bond acceptors (Lipinski definition) is 4. The van der Waals surface area contributed by atoms with Gasteiger partial charge in [-0.15, -0.1) is 0 Å². The van der Waals surface area contributed by atoms with E-state index < -0.39 is 11.9 Å². The first kappa shape index (κ1) is 8.55. The van der Waals surface area contributed by atoms with Gasteiger partial charge in [-0.25, -0.2) is 9.59 Å². The van der Waals surface area contributed by atoms with Crippen molar-refractivity contribution in [3.05, 3.63) is 23.8 Å². The van der Waals surface area contributed by atoms with Gasteiger partial charge in [0.1, 0.15) is 12.1 Å². The van der Waals surface area contributed by atoms with Crippen LogP contribution in [0, 0.1) is 0 Å². The molecule has 5 heteroatoms. The van der Waals surface area contributed by atoms with Gasteiger partial charge < -0.3 is 15.2 Å². The molecule has 0 aliphatic carbocycles. The minimum absolute atomic E-state index is 0.0111. The molecule has 2 rings (SSSR count). The number of ether oxygens (including phenoxy) is 1. The van der Waals surface area contributed by atoms with Gasteiger partial charge in [-0.1, -0.05) is 6.07 Å². The first-order valence-electron chi connectivity index (χ1n) is 3.99. The molecule has 1 aromatic carbocycles. The Kier molecular flexibility index (Phi) is 1.85. The van der Waals surface area contributed by atoms with Gasteiger partial charge in [-0.2, -0.15) is 0 Å². The highest BCUT2D eigenvalue weighted by Crippen LogP contribution is 2.31. The van der Waals surface area contributed by atoms with Crippen LogP contribution in [0.1, 0.15) is 10.4 Å². The number of hydrogen-bond donors (Lipinski definition) is 2. The number of nitrogens with one attached hydrogen (secondary N) is 1. The molecule has 0 fully saturated rings. The zero-order valence-electron chi connectivity index (χ0n) is 7.11. The molecular formula is C9H7NO4. The van der Waals surface area contributed by atoms with Crippen molar-refractivity contribution in [2.45, 2.75) is 0 Å². The van der Waals surface area contributed by atoms with E-state index in [2.05, 4.69) is 5.32 Å². The third kappa shape index (κ3) is 1.28. The van der Waals surface area contributed by atoms with Crippen molar-refractivity contribution < 1.29 is 19.4 Å². The second kappa shape index (κ2) is 3.02. The van der Waals surface area contributed by atoms with Crippen molar-refractivity contribution in [3.63, 3.8) is 0 Å². The Labute approximate surface area is 79.3 Å². The molecule has 0 radical (unpaired) electrons. The van der Waals surface area contributed by atoms with Crippen LogP contribution in [0.3, 0.4) is 0 Å². The second-order valence-electron chi connectivity index (χ2n) is 2.82. The second-order valence-corrected chi connectivity index (χ2v) is 2.82. The lowest BCUT2D eigenvalue weighted by atomic mass is 10.1. The summed E-state index contributed by atoms with van der Waals surface area (Å²) >= 11 is 0. The Balaban J connectivity index is 2.54. The van der Waals surface area contributed by atoms with Crippen LogP contribution in [-0.4, -0.2) is 23.6 Å². The molecule has 0 aromatic heterocycles. The van der Waals surface area contributed by atoms with E-state index in [0.717, 1.165) is 0 Å². The topological polar surface area (TPSA) is 75.6 Å². The summed E-state index contributed by atoms with van der Waals surface area (Å²) in [6.07, 6.45) is 0. The normalized spacial score (nSPS) is 13.9. The monoisotopic (exact) mass is 193 g/mol. The van der Waals surface area contributed by atoms with Crippen LogP contribution in [0.5, 0.6) is 5.75 Å². The lowest BCUT2D eigenvalue weighted by Gasteiger charge is -2.18. The van der Waals surface area contributed by atoms with Crippen LogP contribution in [0.2, 0.25) is 0 Å². The average Bonchev–Trinajstić information content (AvgIpc) is 2.16. The van der Waals surface area contributed by atoms with Crippen LogP contribution < -0.4 is 10.1 Å². The molecule has 14 heavy (non-hydrogen) atoms. The van der Waals surface area contributed by atoms with Gasteiger partial charge in [0.25, 0.3) is 0 Å². The van der Waals surface area contributed by atoms with Crippen LogP contribution in [-0.2, 0) is 4.79 Å². The summed E-state index contributed by atoms with van der Waals surface area (Å²) in [6, 6.07) is 4.64. The van der Waals surface area contributed by atoms with E-state index in [4.69, 9.17) is 9.84 Å². The predicted octanol–water partition coefficient (Wildman–Crippen LogP) is 0.716. The summed E-state index contributed by atoms with van der Waals surface area (Å²) in [5.41, 5.74) is 0.521. The van der Waals surface area contributed by atoms with E-state index in [1.807, 2.05) is 0 Å². The molecule has 1 heterocycles. The Morgan fingerprint density at radius 3 is 3.00 bits per heavy atom. The van der Waals surface area contributed by atoms with Gasteiger partial charge in [-0.05, 0) is 12.1 Å². The summed E-state index contributed by atoms with van der Waals surface area (Å²) < 4.78 is 4.84. The summed E-state index contributed by atoms with van der Waals surface area (Å²) in [6.45, 7) is 0.0655. The number of carbonyl (C=O) groups excluding carboxylic acids is 1. The summed E-state index contributed by atoms with van der Waals surface area (Å²) in [5, 5.41) is 11.6. The highest BCUT2D eigenvalue weighted by molar-refractivity contribution is 5.96. The van der Waals surface area contributed by atoms with E-state index in [1.165, 1.54) is 6.07 Å². The number of aromatic carboxylic acids is 1. The minimum atomic E-state index is -1.11. The van der Waals surface area contributed by atoms with Crippen LogP contribution in [0.25, 0.3) is 0 Å². The van der Waals surface area contributed by atoms with Crippen LogP contribution in [0.4, 0.5) is 5.69 Å². The van der Waals surface area contributed by atoms with E-state index in [9.17, 15) is 9.59 Å². The molecule has 0 saturated heterocycles. The maximum atomic E-state index is 10.9. The number of carbonyl (C=O) groups is 2. The highest BCUT2D eigenvalue weighted by atomic mass is 16.5. The van der Waals surface area contributed by atoms with E-state index >= 15 is 0 Å². The van der Waals surface area contributed by atoms with Gasteiger partial charge in [0, 0.05) is 0 Å². The number of benzene rings is 1. The molecule has 1 aliphatic rings. The van der Waals surface area contributed by atoms with Crippen molar-refractivity contribution in [2.24, 2.45) is 0 Å². The Bertz CT molecular complexity index is 413. The maximum Gasteiger partial charge on any atom is 0.339 e. The minimum Gasteiger partial charge on any atom is -0.478 e. The van der Waals surface area contributed by atoms with Gasteiger partial charge in [-0.3, -0.25) is 0 Å². The Morgan fingerprint density at radius 1 is 1.50 bits per heavy atom. The number of anilines is 1. The molecule has 0 atom stereocenters. The van der Waals surface area contributed by atoms with Gasteiger partial charge in [0.05, 0.1) is 5.69 Å². The quantitative estimate of drug-likeness (QED) is 0.507. The van der Waals surface area contributed by atoms with Gasteiger partial charge in [0.2, 0.25) is 0 Å². The third-order valence-corrected chi connectivity index (χ3v) is 1.88. The molecule has 0 bridgehead atoms. The molecular weight excluding hydrogens is 186 g/mol. The molecule has 1 aromatic rings. The van der Waals surface area contributed by atoms with Crippen molar-refractivity contribution in [3.8, 4) is 5.75 Å². The maximum absolute atomic E-state index is 10.9. The lowest BCUT2D eigenvalue weighted by molar-refractivity contribution is -0.132. The van der Waals surface area contributed by atoms with Crippen molar-refractivity contribution in [1.29, 1.82) is 0 Å². The summed E-state index contributed by atoms with van der Waals surface area (Å²) in [4.78, 5) is 21.7. The van der Waals surface area contributed by atoms with E-state index in [0.29, 0.717) is 5.69 Å². The molecule has 0 spiro atoms. The fourth-order valence-corrected chi connectivity index (χ4v) is 1.27. The number of rotatable bonds is 1. The van der Waals surface area contributed by atoms with Crippen molar-refractivity contribution in [2.75, 3.05) is 11.9 Å². The number of carboxylic acid groups (broad SMARTS) is 1. The molecule has 72 valence electrons. The molecule has 0 unspecified atom stereocenters. The average molecular weight is 193 g/mol. The fourth-order valence-electron chi connectivity index (χ4n) is 1.27. The fraction of sp³-hybridized carbons (Fsp3) is 0.111. The van der Waals surface area contributed by atoms with Crippen molar-refractivity contribution >= 4 is 17.6 Å². The zero-order chi connectivity index (χ0) is 10.1. The zero-order valence-corrected chi connectivity index (χ0v) is 7.11. The molecule has 5 nitrogen and oxygen atoms in total. The largest absolute Gasteiger partial charge is 0.478 e. The highest BCUT2D eigenvalue weighted by Gasteiger charge is 2.22. The number of esters is 1. The Morgan fingerprint density at radius 2 is 2.29 bits per heavy atom. The van der Waals surface area contributed by atoms with Gasteiger partial charge in [0.15, 0.2) is 5.75 Å². The standard InChI is InChI=1S/C9H7NO4/c11-7-4-10-6-3-1-2-5(9(12)13)8(6)14-7/h1-3,10H,4H2,(H,12,13). The number of fused-ring (bicyclic) bond motifs is 1. The lowest BCUT2D eigenvalue weighted by Crippen LogP contribution is -2.26. The number of carboxylic acids is 1. The molecule has 0 amide bonds. The molecule has 2 N–H and O–H groups in total. The van der Waals surface area contributed by atoms with E-state index in [1.54, 1.807) is 12.1 Å². The predicted molar refractivity (Wildman–Crippen MR) is 47.5 cm³/mol. The Hall–Kier alpha value is -2.04. The summed E-state index contributed by atoms with van der Waals surface area (Å²) in [5.74, 6) is -1.50. The molecule has 0 saturated carbocycles. The van der Waals surface area contributed by atoms with Crippen LogP contribution >= 0.6 is 0 Å². The summed E-state index contributed by atoms with van der Waals surface area (Å²) in [7, 11) is 0. The third-order valence-electron chi connectivity index (χ3n) is 1.88. The van der Waals surface area contributed by atoms with E-state index in [-0.39, 0.29) is 17.9 Å². The van der Waals surface area contributed by atoms with Gasteiger partial charge >= 0.3 is 11.9 Å². The SMILES string of the molecule is O=C1CNc2cccc(C(=O)O)c2O1. The van der Waals surface area contributed by atoms with Crippen LogP contribution in [0.15, 0.2) is 18.2 Å². The smallest absolute Gasteiger partial charge is 0.339 e. The first-order valence-corrected chi connectivity index (χ1v) is 3.99.